The Hall–Kier alpha value is -1.85. The molecule has 0 amide bonds. The van der Waals surface area contributed by atoms with Crippen LogP contribution in [0.25, 0.3) is 0 Å². The van der Waals surface area contributed by atoms with Gasteiger partial charge in [0.25, 0.3) is 0 Å². The molecule has 0 bridgehead atoms. The van der Waals surface area contributed by atoms with Crippen molar-refractivity contribution in [3.05, 3.63) is 57.5 Å². The number of rotatable bonds is 4. The fourth-order valence-corrected chi connectivity index (χ4v) is 2.42. The van der Waals surface area contributed by atoms with Crippen molar-refractivity contribution in [2.75, 3.05) is 5.32 Å². The molecule has 4 nitrogen and oxygen atoms in total. The van der Waals surface area contributed by atoms with Gasteiger partial charge in [0.2, 0.25) is 0 Å². The zero-order chi connectivity index (χ0) is 15.6. The van der Waals surface area contributed by atoms with Gasteiger partial charge in [0.15, 0.2) is 0 Å². The number of nitrogens with zero attached hydrogens (tertiary/aromatic N) is 1. The van der Waals surface area contributed by atoms with Crippen LogP contribution in [0.3, 0.4) is 0 Å². The van der Waals surface area contributed by atoms with Crippen molar-refractivity contribution in [1.29, 1.82) is 0 Å². The average Bonchev–Trinajstić information content (AvgIpc) is 2.40. The molecule has 2 rings (SSSR count). The summed E-state index contributed by atoms with van der Waals surface area (Å²) in [7, 11) is 0. The molecule has 21 heavy (non-hydrogen) atoms. The maximum atomic E-state index is 13.1. The zero-order valence-electron chi connectivity index (χ0n) is 10.9. The van der Waals surface area contributed by atoms with E-state index < -0.39 is 11.8 Å². The first kappa shape index (κ1) is 15.5. The Labute approximate surface area is 130 Å². The quantitative estimate of drug-likeness (QED) is 0.873. The molecular weight excluding hydrogens is 318 g/mol. The van der Waals surface area contributed by atoms with Crippen LogP contribution in [0.4, 0.5) is 10.2 Å². The van der Waals surface area contributed by atoms with Gasteiger partial charge in [-0.1, -0.05) is 29.3 Å². The first-order valence-corrected chi connectivity index (χ1v) is 6.74. The van der Waals surface area contributed by atoms with Crippen LogP contribution in [-0.4, -0.2) is 16.1 Å². The lowest BCUT2D eigenvalue weighted by Crippen LogP contribution is -2.13. The predicted molar refractivity (Wildman–Crippen MR) is 79.7 cm³/mol. The Morgan fingerprint density at radius 2 is 2.10 bits per heavy atom. The minimum Gasteiger partial charge on any atom is -0.478 e. The summed E-state index contributed by atoms with van der Waals surface area (Å²) >= 11 is 11.9. The van der Waals surface area contributed by atoms with Gasteiger partial charge in [0, 0.05) is 10.0 Å². The number of carboxylic acids is 1. The van der Waals surface area contributed by atoms with Gasteiger partial charge in [-0.2, -0.15) is 0 Å². The largest absolute Gasteiger partial charge is 0.478 e. The molecule has 2 aromatic rings. The average molecular weight is 329 g/mol. The van der Waals surface area contributed by atoms with E-state index in [-0.39, 0.29) is 17.4 Å². The van der Waals surface area contributed by atoms with Crippen molar-refractivity contribution in [2.45, 2.75) is 13.0 Å². The Bertz CT molecular complexity index is 695. The smallest absolute Gasteiger partial charge is 0.339 e. The fraction of sp³-hybridized carbons (Fsp3) is 0.143. The maximum absolute atomic E-state index is 13.1. The third kappa shape index (κ3) is 3.62. The fourth-order valence-electron chi connectivity index (χ4n) is 1.85. The van der Waals surface area contributed by atoms with Crippen molar-refractivity contribution < 1.29 is 14.3 Å². The molecule has 1 aromatic carbocycles. The summed E-state index contributed by atoms with van der Waals surface area (Å²) in [5, 5.41) is 12.9. The van der Waals surface area contributed by atoms with Crippen molar-refractivity contribution in [1.82, 2.24) is 4.98 Å². The second kappa shape index (κ2) is 6.28. The van der Waals surface area contributed by atoms with Gasteiger partial charge in [-0.25, -0.2) is 14.2 Å². The molecule has 0 saturated heterocycles. The van der Waals surface area contributed by atoms with Crippen LogP contribution in [-0.2, 0) is 0 Å². The number of aromatic carboxylic acids is 1. The van der Waals surface area contributed by atoms with Crippen molar-refractivity contribution in [3.8, 4) is 0 Å². The summed E-state index contributed by atoms with van der Waals surface area (Å²) in [6.07, 6.45) is 0.949. The van der Waals surface area contributed by atoms with Crippen molar-refractivity contribution >= 4 is 35.0 Å². The highest BCUT2D eigenvalue weighted by atomic mass is 35.5. The molecule has 2 N–H and O–H groups in total. The van der Waals surface area contributed by atoms with Gasteiger partial charge in [-0.05, 0) is 30.7 Å². The molecule has 0 aliphatic carbocycles. The molecule has 1 aromatic heterocycles. The monoisotopic (exact) mass is 328 g/mol. The van der Waals surface area contributed by atoms with E-state index in [9.17, 15) is 9.18 Å². The minimum atomic E-state index is -1.26. The van der Waals surface area contributed by atoms with Crippen LogP contribution in [0.2, 0.25) is 10.0 Å². The van der Waals surface area contributed by atoms with E-state index in [1.54, 1.807) is 25.1 Å². The Morgan fingerprint density at radius 3 is 2.71 bits per heavy atom. The first-order valence-electron chi connectivity index (χ1n) is 5.99. The second-order valence-corrected chi connectivity index (χ2v) is 5.23. The van der Waals surface area contributed by atoms with E-state index in [2.05, 4.69) is 10.3 Å². The van der Waals surface area contributed by atoms with E-state index in [0.717, 1.165) is 17.8 Å². The molecule has 7 heteroatoms. The number of hydrogen-bond donors (Lipinski definition) is 2. The molecule has 110 valence electrons. The first-order chi connectivity index (χ1) is 9.88. The number of aromatic nitrogens is 1. The van der Waals surface area contributed by atoms with Crippen LogP contribution in [0, 0.1) is 5.82 Å². The van der Waals surface area contributed by atoms with Gasteiger partial charge < -0.3 is 10.4 Å². The highest BCUT2D eigenvalue weighted by Crippen LogP contribution is 2.29. The van der Waals surface area contributed by atoms with E-state index >= 15 is 0 Å². The van der Waals surface area contributed by atoms with Gasteiger partial charge >= 0.3 is 5.97 Å². The standard InChI is InChI=1S/C14H11Cl2FN2O2/c1-7(10-3-2-8(15)4-12(10)16)19-13-11(14(20)21)5-9(17)6-18-13/h2-7H,1H3,(H,18,19)(H,20,21). The highest BCUT2D eigenvalue weighted by Gasteiger charge is 2.17. The van der Waals surface area contributed by atoms with Crippen molar-refractivity contribution in [2.24, 2.45) is 0 Å². The lowest BCUT2D eigenvalue weighted by molar-refractivity contribution is 0.0697. The highest BCUT2D eigenvalue weighted by molar-refractivity contribution is 6.35. The maximum Gasteiger partial charge on any atom is 0.339 e. The third-order valence-corrected chi connectivity index (χ3v) is 3.43. The number of carbonyl (C=O) groups is 1. The summed E-state index contributed by atoms with van der Waals surface area (Å²) < 4.78 is 13.1. The molecule has 0 radical (unpaired) electrons. The Kier molecular flexibility index (Phi) is 4.65. The molecule has 0 fully saturated rings. The minimum absolute atomic E-state index is 0.0717. The lowest BCUT2D eigenvalue weighted by Gasteiger charge is -2.17. The number of halogens is 3. The molecular formula is C14H11Cl2FN2O2. The van der Waals surface area contributed by atoms with Crippen LogP contribution in [0.5, 0.6) is 0 Å². The molecule has 0 aliphatic heterocycles. The number of nitrogens with one attached hydrogen (secondary N) is 1. The molecule has 1 atom stereocenters. The molecule has 0 saturated carbocycles. The Balaban J connectivity index is 2.31. The number of pyridine rings is 1. The molecule has 0 spiro atoms. The predicted octanol–water partition coefficient (Wildman–Crippen LogP) is 4.40. The van der Waals surface area contributed by atoms with Gasteiger partial charge in [-0.15, -0.1) is 0 Å². The molecule has 1 unspecified atom stereocenters. The molecule has 0 aliphatic rings. The van der Waals surface area contributed by atoms with E-state index in [4.69, 9.17) is 28.3 Å². The third-order valence-electron chi connectivity index (χ3n) is 2.87. The van der Waals surface area contributed by atoms with Crippen LogP contribution < -0.4 is 5.32 Å². The van der Waals surface area contributed by atoms with Crippen LogP contribution in [0.15, 0.2) is 30.5 Å². The van der Waals surface area contributed by atoms with Crippen LogP contribution >= 0.6 is 23.2 Å². The Morgan fingerprint density at radius 1 is 1.38 bits per heavy atom. The van der Waals surface area contributed by atoms with Crippen LogP contribution in [0.1, 0.15) is 28.9 Å². The summed E-state index contributed by atoms with van der Waals surface area (Å²) in [5.41, 5.74) is 0.482. The summed E-state index contributed by atoms with van der Waals surface area (Å²) in [6.45, 7) is 1.78. The van der Waals surface area contributed by atoms with E-state index in [0.29, 0.717) is 10.0 Å². The SMILES string of the molecule is CC(Nc1ncc(F)cc1C(=O)O)c1ccc(Cl)cc1Cl. The zero-order valence-corrected chi connectivity index (χ0v) is 12.4. The van der Waals surface area contributed by atoms with Gasteiger partial charge in [-0.3, -0.25) is 0 Å². The number of anilines is 1. The number of benzene rings is 1. The van der Waals surface area contributed by atoms with Gasteiger partial charge in [0.05, 0.1) is 12.2 Å². The van der Waals surface area contributed by atoms with Gasteiger partial charge in [0.1, 0.15) is 17.2 Å². The topological polar surface area (TPSA) is 62.2 Å². The lowest BCUT2D eigenvalue weighted by atomic mass is 10.1. The van der Waals surface area contributed by atoms with E-state index in [1.807, 2.05) is 0 Å². The van der Waals surface area contributed by atoms with Crippen molar-refractivity contribution in [3.63, 3.8) is 0 Å². The summed E-state index contributed by atoms with van der Waals surface area (Å²) in [4.78, 5) is 14.9. The molecule has 1 heterocycles. The summed E-state index contributed by atoms with van der Waals surface area (Å²) in [5.74, 6) is -1.91. The second-order valence-electron chi connectivity index (χ2n) is 4.39. The normalized spacial score (nSPS) is 12.0. The number of hydrogen-bond acceptors (Lipinski definition) is 3. The summed E-state index contributed by atoms with van der Waals surface area (Å²) in [6, 6.07) is 5.58. The number of carboxylic acid groups (broad SMARTS) is 1. The van der Waals surface area contributed by atoms with E-state index in [1.165, 1.54) is 0 Å².